The Hall–Kier alpha value is -5.58. The van der Waals surface area contributed by atoms with E-state index in [1.165, 1.54) is 32.7 Å². The minimum Gasteiger partial charge on any atom is -0.494 e. The minimum absolute atomic E-state index is 0.0581. The molecule has 11 heteroatoms. The number of hydrogen-bond acceptors (Lipinski definition) is 7. The predicted octanol–water partition coefficient (Wildman–Crippen LogP) is 6.50. The fourth-order valence-corrected chi connectivity index (χ4v) is 5.62. The van der Waals surface area contributed by atoms with Gasteiger partial charge in [0.15, 0.2) is 5.82 Å². The maximum Gasteiger partial charge on any atom is 0.326 e. The smallest absolute Gasteiger partial charge is 0.326 e. The number of benzene rings is 3. The van der Waals surface area contributed by atoms with Gasteiger partial charge in [0.2, 0.25) is 11.8 Å². The summed E-state index contributed by atoms with van der Waals surface area (Å²) in [5.41, 5.74) is 4.58. The van der Waals surface area contributed by atoms with Gasteiger partial charge in [-0.1, -0.05) is 102 Å². The number of unbranched alkanes of at least 4 members (excludes halogenated alkanes) is 4. The quantitative estimate of drug-likeness (QED) is 0.0848. The molecule has 1 heterocycles. The SMILES string of the molecule is CCCCCCCOc1ccc(-c2cnc(-c3ccc(CC(NC(=O)c4ccc(C(C)(C)C)cc4)C(=O)NC(CC(=O)NC)C(=O)O)cc3)nc2)cc1. The van der Waals surface area contributed by atoms with Crippen molar-refractivity contribution in [3.63, 3.8) is 0 Å². The molecule has 0 saturated carbocycles. The Balaban J connectivity index is 1.44. The van der Waals surface area contributed by atoms with Crippen LogP contribution in [-0.4, -0.2) is 64.5 Å². The molecule has 0 aliphatic rings. The van der Waals surface area contributed by atoms with Crippen molar-refractivity contribution in [2.45, 2.75) is 90.1 Å². The molecule has 0 saturated heterocycles. The van der Waals surface area contributed by atoms with Crippen molar-refractivity contribution in [2.24, 2.45) is 0 Å². The highest BCUT2D eigenvalue weighted by atomic mass is 16.5. The molecule has 53 heavy (non-hydrogen) atoms. The molecule has 1 aromatic heterocycles. The number of carbonyl (C=O) groups is 4. The highest BCUT2D eigenvalue weighted by Crippen LogP contribution is 2.25. The zero-order valence-electron chi connectivity index (χ0n) is 31.3. The summed E-state index contributed by atoms with van der Waals surface area (Å²) < 4.78 is 5.89. The Bertz CT molecular complexity index is 1800. The van der Waals surface area contributed by atoms with Crippen LogP contribution >= 0.6 is 0 Å². The molecule has 4 aromatic rings. The van der Waals surface area contributed by atoms with Crippen LogP contribution in [0, 0.1) is 0 Å². The van der Waals surface area contributed by atoms with Crippen LogP contribution in [-0.2, 0) is 26.2 Å². The summed E-state index contributed by atoms with van der Waals surface area (Å²) in [6, 6.07) is 19.6. The Morgan fingerprint density at radius 3 is 1.96 bits per heavy atom. The van der Waals surface area contributed by atoms with Crippen LogP contribution in [0.4, 0.5) is 0 Å². The van der Waals surface area contributed by atoms with E-state index in [0.717, 1.165) is 34.4 Å². The highest BCUT2D eigenvalue weighted by molar-refractivity contribution is 5.98. The molecule has 0 aliphatic carbocycles. The van der Waals surface area contributed by atoms with Crippen molar-refractivity contribution in [3.8, 4) is 28.3 Å². The molecule has 3 amide bonds. The van der Waals surface area contributed by atoms with E-state index in [1.807, 2.05) is 48.5 Å². The third-order valence-corrected chi connectivity index (χ3v) is 8.93. The molecule has 0 radical (unpaired) electrons. The van der Waals surface area contributed by atoms with Crippen LogP contribution in [0.15, 0.2) is 85.2 Å². The first-order chi connectivity index (χ1) is 25.4. The molecule has 0 spiro atoms. The number of aliphatic carboxylic acids is 1. The lowest BCUT2D eigenvalue weighted by molar-refractivity contribution is -0.143. The number of aromatic nitrogens is 2. The average Bonchev–Trinajstić information content (AvgIpc) is 3.15. The van der Waals surface area contributed by atoms with Crippen molar-refractivity contribution in [1.29, 1.82) is 0 Å². The van der Waals surface area contributed by atoms with E-state index in [2.05, 4.69) is 53.6 Å². The van der Waals surface area contributed by atoms with Gasteiger partial charge in [-0.25, -0.2) is 14.8 Å². The largest absolute Gasteiger partial charge is 0.494 e. The summed E-state index contributed by atoms with van der Waals surface area (Å²) in [7, 11) is 1.38. The Morgan fingerprint density at radius 1 is 0.755 bits per heavy atom. The normalized spacial score (nSPS) is 12.3. The average molecular weight is 722 g/mol. The van der Waals surface area contributed by atoms with Crippen LogP contribution in [0.25, 0.3) is 22.5 Å². The summed E-state index contributed by atoms with van der Waals surface area (Å²) >= 11 is 0. The molecule has 0 aliphatic heterocycles. The zero-order chi connectivity index (χ0) is 38.4. The standard InChI is InChI=1S/C42H51N5O6/c1-6-7-8-9-10-23-53-34-21-17-29(18-22-34)32-26-44-38(45-27-32)30-13-11-28(12-14-30)24-35(40(50)47-36(41(51)52)25-37(48)43-5)46-39(49)31-15-19-33(20-16-31)42(2,3)4/h11-22,26-27,35-36H,6-10,23-25H2,1-5H3,(H,43,48)(H,46,49)(H,47,50)(H,51,52). The third kappa shape index (κ3) is 12.3. The van der Waals surface area contributed by atoms with Gasteiger partial charge in [0.25, 0.3) is 5.91 Å². The van der Waals surface area contributed by atoms with Gasteiger partial charge in [-0.15, -0.1) is 0 Å². The van der Waals surface area contributed by atoms with E-state index >= 15 is 0 Å². The van der Waals surface area contributed by atoms with Crippen LogP contribution < -0.4 is 20.7 Å². The molecule has 280 valence electrons. The second-order valence-corrected chi connectivity index (χ2v) is 14.1. The number of carboxylic acid groups (broad SMARTS) is 1. The monoisotopic (exact) mass is 721 g/mol. The zero-order valence-corrected chi connectivity index (χ0v) is 31.3. The van der Waals surface area contributed by atoms with Gasteiger partial charge in [0, 0.05) is 42.6 Å². The van der Waals surface area contributed by atoms with Crippen molar-refractivity contribution < 1.29 is 29.0 Å². The van der Waals surface area contributed by atoms with Crippen LogP contribution in [0.5, 0.6) is 5.75 Å². The van der Waals surface area contributed by atoms with E-state index < -0.39 is 42.2 Å². The van der Waals surface area contributed by atoms with Crippen LogP contribution in [0.1, 0.15) is 87.7 Å². The molecule has 0 bridgehead atoms. The number of carboxylic acids is 1. The number of ether oxygens (including phenoxy) is 1. The molecule has 2 unspecified atom stereocenters. The summed E-state index contributed by atoms with van der Waals surface area (Å²) in [5, 5.41) is 17.2. The topological polar surface area (TPSA) is 160 Å². The lowest BCUT2D eigenvalue weighted by Crippen LogP contribution is -2.53. The Morgan fingerprint density at radius 2 is 1.38 bits per heavy atom. The fourth-order valence-electron chi connectivity index (χ4n) is 5.62. The number of hydrogen-bond donors (Lipinski definition) is 4. The van der Waals surface area contributed by atoms with Crippen LogP contribution in [0.2, 0.25) is 0 Å². The molecule has 0 fully saturated rings. The Kier molecular flexibility index (Phi) is 14.6. The number of amides is 3. The van der Waals surface area contributed by atoms with Crippen molar-refractivity contribution in [2.75, 3.05) is 13.7 Å². The second kappa shape index (κ2) is 19.3. The fraction of sp³-hybridized carbons (Fsp3) is 0.381. The molecule has 3 aromatic carbocycles. The molecule has 11 nitrogen and oxygen atoms in total. The number of nitrogens with zero attached hydrogens (tertiary/aromatic N) is 2. The van der Waals surface area contributed by atoms with E-state index in [9.17, 15) is 24.3 Å². The number of rotatable bonds is 18. The number of carbonyl (C=O) groups excluding carboxylic acids is 3. The van der Waals surface area contributed by atoms with Crippen molar-refractivity contribution in [3.05, 3.63) is 102 Å². The van der Waals surface area contributed by atoms with Gasteiger partial charge in [-0.2, -0.15) is 0 Å². The second-order valence-electron chi connectivity index (χ2n) is 14.1. The van der Waals surface area contributed by atoms with Crippen molar-refractivity contribution in [1.82, 2.24) is 25.9 Å². The molecule has 4 N–H and O–H groups in total. The highest BCUT2D eigenvalue weighted by Gasteiger charge is 2.29. The summed E-state index contributed by atoms with van der Waals surface area (Å²) in [4.78, 5) is 59.8. The predicted molar refractivity (Wildman–Crippen MR) is 206 cm³/mol. The molecule has 2 atom stereocenters. The third-order valence-electron chi connectivity index (χ3n) is 8.93. The van der Waals surface area contributed by atoms with Gasteiger partial charge in [0.05, 0.1) is 13.0 Å². The molecular weight excluding hydrogens is 670 g/mol. The van der Waals surface area contributed by atoms with E-state index in [-0.39, 0.29) is 11.8 Å². The first-order valence-corrected chi connectivity index (χ1v) is 18.2. The maximum atomic E-state index is 13.5. The molecular formula is C42H51N5O6. The lowest BCUT2D eigenvalue weighted by Gasteiger charge is -2.22. The van der Waals surface area contributed by atoms with Gasteiger partial charge in [-0.3, -0.25) is 14.4 Å². The van der Waals surface area contributed by atoms with E-state index in [0.29, 0.717) is 23.6 Å². The minimum atomic E-state index is -1.48. The summed E-state index contributed by atoms with van der Waals surface area (Å²) in [5.74, 6) is -1.78. The van der Waals surface area contributed by atoms with Gasteiger partial charge in [0.1, 0.15) is 17.8 Å². The van der Waals surface area contributed by atoms with Gasteiger partial charge >= 0.3 is 5.97 Å². The van der Waals surface area contributed by atoms with Gasteiger partial charge in [-0.05, 0) is 52.8 Å². The Labute approximate surface area is 312 Å². The van der Waals surface area contributed by atoms with Crippen LogP contribution in [0.3, 0.4) is 0 Å². The van der Waals surface area contributed by atoms with E-state index in [1.54, 1.807) is 36.7 Å². The summed E-state index contributed by atoms with van der Waals surface area (Å²) in [6.45, 7) is 9.12. The number of nitrogens with one attached hydrogen (secondary N) is 3. The van der Waals surface area contributed by atoms with Crippen molar-refractivity contribution >= 4 is 23.7 Å². The first kappa shape index (κ1) is 40.2. The first-order valence-electron chi connectivity index (χ1n) is 18.2. The molecule has 4 rings (SSSR count). The van der Waals surface area contributed by atoms with E-state index in [4.69, 9.17) is 4.74 Å². The van der Waals surface area contributed by atoms with Gasteiger partial charge < -0.3 is 25.8 Å². The lowest BCUT2D eigenvalue weighted by atomic mass is 9.86. The maximum absolute atomic E-state index is 13.5. The summed E-state index contributed by atoms with van der Waals surface area (Å²) in [6.07, 6.45) is 9.08.